The lowest BCUT2D eigenvalue weighted by atomic mass is 9.44. The molecule has 4 fully saturated rings. The summed E-state index contributed by atoms with van der Waals surface area (Å²) in [7, 11) is 0. The Kier molecular flexibility index (Phi) is 4.90. The molecule has 0 spiro atoms. The van der Waals surface area contributed by atoms with Gasteiger partial charge in [-0.05, 0) is 55.8 Å². The van der Waals surface area contributed by atoms with Gasteiger partial charge in [-0.3, -0.25) is 19.2 Å². The third kappa shape index (κ3) is 2.97. The van der Waals surface area contributed by atoms with E-state index < -0.39 is 29.5 Å². The molecule has 29 heavy (non-hydrogen) atoms. The second kappa shape index (κ2) is 6.92. The maximum atomic E-state index is 13.8. The zero-order chi connectivity index (χ0) is 21.1. The van der Waals surface area contributed by atoms with E-state index in [4.69, 9.17) is 9.47 Å². The van der Waals surface area contributed by atoms with Crippen molar-refractivity contribution in [2.45, 2.75) is 84.8 Å². The highest BCUT2D eigenvalue weighted by Gasteiger charge is 2.67. The summed E-state index contributed by atoms with van der Waals surface area (Å²) in [6, 6.07) is 0. The monoisotopic (exact) mass is 404 g/mol. The van der Waals surface area contributed by atoms with Gasteiger partial charge in [-0.2, -0.15) is 0 Å². The first-order chi connectivity index (χ1) is 13.6. The van der Waals surface area contributed by atoms with Crippen molar-refractivity contribution in [1.82, 2.24) is 0 Å². The molecule has 0 bridgehead atoms. The lowest BCUT2D eigenvalue weighted by Gasteiger charge is -2.61. The van der Waals surface area contributed by atoms with Crippen LogP contribution in [0, 0.1) is 34.5 Å². The van der Waals surface area contributed by atoms with Crippen LogP contribution >= 0.6 is 0 Å². The van der Waals surface area contributed by atoms with Gasteiger partial charge in [0.2, 0.25) is 0 Å². The van der Waals surface area contributed by atoms with Crippen LogP contribution in [0.15, 0.2) is 0 Å². The zero-order valence-electron chi connectivity index (χ0n) is 17.9. The summed E-state index contributed by atoms with van der Waals surface area (Å²) in [5.41, 5.74) is -0.725. The molecule has 4 saturated carbocycles. The Bertz CT molecular complexity index is 758. The summed E-state index contributed by atoms with van der Waals surface area (Å²) < 4.78 is 11.3. The molecule has 0 heterocycles. The second-order valence-electron chi connectivity index (χ2n) is 10.2. The second-order valence-corrected chi connectivity index (χ2v) is 10.2. The average Bonchev–Trinajstić information content (AvgIpc) is 2.92. The Morgan fingerprint density at radius 3 is 2.28 bits per heavy atom. The van der Waals surface area contributed by atoms with Gasteiger partial charge in [-0.1, -0.05) is 13.8 Å². The average molecular weight is 405 g/mol. The van der Waals surface area contributed by atoms with Crippen LogP contribution in [-0.2, 0) is 28.7 Å². The predicted molar refractivity (Wildman–Crippen MR) is 104 cm³/mol. The van der Waals surface area contributed by atoms with Gasteiger partial charge >= 0.3 is 11.9 Å². The first kappa shape index (κ1) is 20.5. The van der Waals surface area contributed by atoms with Gasteiger partial charge < -0.3 is 9.47 Å². The van der Waals surface area contributed by atoms with E-state index in [0.717, 1.165) is 32.1 Å². The van der Waals surface area contributed by atoms with Gasteiger partial charge in [0.15, 0.2) is 11.9 Å². The molecular weight excluding hydrogens is 372 g/mol. The van der Waals surface area contributed by atoms with Crippen molar-refractivity contribution < 1.29 is 28.7 Å². The number of carbonyl (C=O) groups is 4. The highest BCUT2D eigenvalue weighted by molar-refractivity contribution is 5.91. The largest absolute Gasteiger partial charge is 0.462 e. The smallest absolute Gasteiger partial charge is 0.303 e. The minimum atomic E-state index is -0.845. The molecule has 0 saturated heterocycles. The predicted octanol–water partition coefficient (Wildman–Crippen LogP) is 3.25. The number of rotatable bonds is 2. The lowest BCUT2D eigenvalue weighted by molar-refractivity contribution is -0.204. The number of ketones is 2. The quantitative estimate of drug-likeness (QED) is 0.657. The summed E-state index contributed by atoms with van der Waals surface area (Å²) in [6.45, 7) is 6.91. The molecule has 4 aliphatic carbocycles. The third-order valence-corrected chi connectivity index (χ3v) is 8.72. The maximum Gasteiger partial charge on any atom is 0.303 e. The van der Waals surface area contributed by atoms with Crippen molar-refractivity contribution in [3.8, 4) is 0 Å². The van der Waals surface area contributed by atoms with E-state index in [-0.39, 0.29) is 40.7 Å². The van der Waals surface area contributed by atoms with E-state index in [2.05, 4.69) is 6.92 Å². The summed E-state index contributed by atoms with van der Waals surface area (Å²) in [4.78, 5) is 50.1. The molecule has 4 aliphatic rings. The van der Waals surface area contributed by atoms with Crippen molar-refractivity contribution in [3.63, 3.8) is 0 Å². The highest BCUT2D eigenvalue weighted by Crippen LogP contribution is 2.65. The van der Waals surface area contributed by atoms with Gasteiger partial charge in [-0.25, -0.2) is 0 Å². The minimum absolute atomic E-state index is 0.0638. The molecule has 0 aromatic rings. The molecule has 160 valence electrons. The van der Waals surface area contributed by atoms with Gasteiger partial charge in [0, 0.05) is 31.6 Å². The van der Waals surface area contributed by atoms with Crippen LogP contribution in [0.5, 0.6) is 0 Å². The Morgan fingerprint density at radius 1 is 0.931 bits per heavy atom. The van der Waals surface area contributed by atoms with Crippen molar-refractivity contribution in [3.05, 3.63) is 0 Å². The normalized spacial score (nSPS) is 46.3. The molecule has 6 nitrogen and oxygen atoms in total. The molecule has 0 aromatic heterocycles. The zero-order valence-corrected chi connectivity index (χ0v) is 17.9. The van der Waals surface area contributed by atoms with Gasteiger partial charge in [0.1, 0.15) is 11.9 Å². The Labute approximate surface area is 172 Å². The molecule has 0 radical (unpaired) electrons. The van der Waals surface area contributed by atoms with Crippen LogP contribution in [-0.4, -0.2) is 35.7 Å². The van der Waals surface area contributed by atoms with Crippen molar-refractivity contribution in [1.29, 1.82) is 0 Å². The van der Waals surface area contributed by atoms with Crippen LogP contribution < -0.4 is 0 Å². The number of carbonyl (C=O) groups excluding carboxylic acids is 4. The van der Waals surface area contributed by atoms with Gasteiger partial charge in [0.05, 0.1) is 5.92 Å². The summed E-state index contributed by atoms with van der Waals surface area (Å²) in [5.74, 6) is -1.02. The van der Waals surface area contributed by atoms with Crippen LogP contribution in [0.25, 0.3) is 0 Å². The number of ether oxygens (including phenoxy) is 2. The molecule has 8 atom stereocenters. The fourth-order valence-corrected chi connectivity index (χ4v) is 7.54. The van der Waals surface area contributed by atoms with Gasteiger partial charge in [0.25, 0.3) is 0 Å². The number of hydrogen-bond donors (Lipinski definition) is 0. The third-order valence-electron chi connectivity index (χ3n) is 8.72. The molecule has 4 rings (SSSR count). The van der Waals surface area contributed by atoms with Crippen LogP contribution in [0.3, 0.4) is 0 Å². The Morgan fingerprint density at radius 2 is 1.62 bits per heavy atom. The lowest BCUT2D eigenvalue weighted by Crippen LogP contribution is -2.65. The number of fused-ring (bicyclic) bond motifs is 5. The summed E-state index contributed by atoms with van der Waals surface area (Å²) in [5, 5.41) is 0. The molecule has 0 aliphatic heterocycles. The molecule has 0 aromatic carbocycles. The van der Waals surface area contributed by atoms with Gasteiger partial charge in [-0.15, -0.1) is 0 Å². The van der Waals surface area contributed by atoms with E-state index in [1.54, 1.807) is 0 Å². The van der Waals surface area contributed by atoms with E-state index in [1.165, 1.54) is 13.8 Å². The van der Waals surface area contributed by atoms with Crippen LogP contribution in [0.2, 0.25) is 0 Å². The minimum Gasteiger partial charge on any atom is -0.462 e. The van der Waals surface area contributed by atoms with E-state index in [9.17, 15) is 19.2 Å². The van der Waals surface area contributed by atoms with Crippen molar-refractivity contribution in [2.24, 2.45) is 34.5 Å². The Hall–Kier alpha value is -1.72. The molecule has 0 amide bonds. The molecule has 0 N–H and O–H groups in total. The fraction of sp³-hybridized carbons (Fsp3) is 0.826. The molecular formula is C23H32O6. The number of esters is 2. The summed E-state index contributed by atoms with van der Waals surface area (Å²) in [6.07, 6.45) is 4.12. The first-order valence-electron chi connectivity index (χ1n) is 11.0. The topological polar surface area (TPSA) is 86.7 Å². The Balaban J connectivity index is 1.78. The maximum absolute atomic E-state index is 13.8. The summed E-state index contributed by atoms with van der Waals surface area (Å²) >= 11 is 0. The number of Topliss-reactive ketones (excluding diaryl/α,β-unsaturated/α-hetero) is 2. The first-order valence-corrected chi connectivity index (χ1v) is 11.0. The standard InChI is InChI=1S/C23H32O6/c1-12(24)28-16-6-5-10-23(4)15-9-11-22(3)14(7-8-17(22)26)18(15)21(29-13(2)25)20(27)19(16)23/h14-16,18-19,21H,5-11H2,1-4H3/t14-,15-,16+,18-,19+,21-,22-,23+/m0/s1. The van der Waals surface area contributed by atoms with Crippen molar-refractivity contribution in [2.75, 3.05) is 0 Å². The number of hydrogen-bond acceptors (Lipinski definition) is 6. The van der Waals surface area contributed by atoms with Crippen molar-refractivity contribution >= 4 is 23.5 Å². The van der Waals surface area contributed by atoms with Crippen LogP contribution in [0.4, 0.5) is 0 Å². The highest BCUT2D eigenvalue weighted by atomic mass is 16.6. The van der Waals surface area contributed by atoms with E-state index in [0.29, 0.717) is 12.8 Å². The molecule has 6 heteroatoms. The van der Waals surface area contributed by atoms with E-state index in [1.807, 2.05) is 6.92 Å². The fourth-order valence-electron chi connectivity index (χ4n) is 7.54. The van der Waals surface area contributed by atoms with E-state index >= 15 is 0 Å². The SMILES string of the molecule is CC(=O)O[C@@H]1C(=O)[C@H]2[C@H](OC(C)=O)CCC[C@]2(C)[C@H]2CC[C@]3(C)C(=O)CC[C@H]3[C@H]12. The van der Waals surface area contributed by atoms with Crippen LogP contribution in [0.1, 0.15) is 72.6 Å². The molecule has 0 unspecified atom stereocenters.